The molecule has 0 saturated carbocycles. The minimum Gasteiger partial charge on any atom is -0.489 e. The molecule has 4 aromatic rings. The lowest BCUT2D eigenvalue weighted by Crippen LogP contribution is -2.36. The second kappa shape index (κ2) is 9.29. The summed E-state index contributed by atoms with van der Waals surface area (Å²) in [5.74, 6) is 2.10. The fourth-order valence-corrected chi connectivity index (χ4v) is 4.26. The van der Waals surface area contributed by atoms with Gasteiger partial charge in [0.2, 0.25) is 17.7 Å². The Kier molecular flexibility index (Phi) is 6.07. The molecule has 9 heteroatoms. The molecule has 0 amide bonds. The van der Waals surface area contributed by atoms with Crippen LogP contribution in [0.1, 0.15) is 30.3 Å². The predicted octanol–water partition coefficient (Wildman–Crippen LogP) is 5.73. The third kappa shape index (κ3) is 4.60. The number of ether oxygens (including phenoxy) is 1. The first-order valence-electron chi connectivity index (χ1n) is 10.6. The van der Waals surface area contributed by atoms with Crippen molar-refractivity contribution in [2.75, 3.05) is 6.54 Å². The number of rotatable bonds is 5. The quantitative estimate of drug-likeness (QED) is 0.289. The summed E-state index contributed by atoms with van der Waals surface area (Å²) in [4.78, 5) is 6.50. The van der Waals surface area contributed by atoms with Crippen molar-refractivity contribution in [1.29, 1.82) is 0 Å². The second-order valence-corrected chi connectivity index (χ2v) is 8.49. The molecule has 1 aliphatic heterocycles. The van der Waals surface area contributed by atoms with Gasteiger partial charge in [-0.2, -0.15) is 4.98 Å². The second-order valence-electron chi connectivity index (χ2n) is 7.89. The van der Waals surface area contributed by atoms with Gasteiger partial charge >= 0.3 is 0 Å². The number of hydrogen-bond acceptors (Lipinski definition) is 5. The van der Waals surface area contributed by atoms with Crippen molar-refractivity contribution in [1.82, 2.24) is 15.0 Å². The Labute approximate surface area is 200 Å². The van der Waals surface area contributed by atoms with Gasteiger partial charge in [-0.3, -0.25) is 0 Å². The van der Waals surface area contributed by atoms with Crippen LogP contribution in [0.4, 0.5) is 0 Å². The zero-order valence-electron chi connectivity index (χ0n) is 17.6. The summed E-state index contributed by atoms with van der Waals surface area (Å²) in [7, 11) is 0. The molecule has 0 aliphatic carbocycles. The van der Waals surface area contributed by atoms with Gasteiger partial charge in [0.25, 0.3) is 0 Å². The molecule has 1 aliphatic rings. The maximum atomic E-state index is 5.94. The summed E-state index contributed by atoms with van der Waals surface area (Å²) in [6.45, 7) is 1.23. The first-order chi connectivity index (χ1) is 16.1. The van der Waals surface area contributed by atoms with Gasteiger partial charge in [-0.25, -0.2) is 0 Å². The molecular weight excluding hydrogens is 461 g/mol. The van der Waals surface area contributed by atoms with Crippen LogP contribution < -0.4 is 10.5 Å². The van der Waals surface area contributed by atoms with Crippen LogP contribution in [0.3, 0.4) is 0 Å². The fourth-order valence-electron chi connectivity index (χ4n) is 4.03. The van der Waals surface area contributed by atoms with Crippen LogP contribution >= 0.6 is 23.4 Å². The van der Waals surface area contributed by atoms with E-state index in [1.54, 1.807) is 0 Å². The largest absolute Gasteiger partial charge is 0.489 e. The van der Waals surface area contributed by atoms with Gasteiger partial charge in [0.15, 0.2) is 0 Å². The van der Waals surface area contributed by atoms with E-state index in [0.717, 1.165) is 47.0 Å². The van der Waals surface area contributed by atoms with Crippen LogP contribution in [-0.2, 0) is 6.61 Å². The molecule has 2 heterocycles. The van der Waals surface area contributed by atoms with E-state index in [4.69, 9.17) is 38.4 Å². The van der Waals surface area contributed by atoms with Crippen LogP contribution in [-0.4, -0.2) is 27.5 Å². The number of likely N-dealkylation sites (tertiary alicyclic amines) is 1. The lowest BCUT2D eigenvalue weighted by atomic mass is 10.1. The molecule has 1 aromatic heterocycles. The maximum absolute atomic E-state index is 5.94. The van der Waals surface area contributed by atoms with Gasteiger partial charge in [-0.05, 0) is 59.5 Å². The summed E-state index contributed by atoms with van der Waals surface area (Å²) in [5.41, 5.74) is 7.83. The van der Waals surface area contributed by atoms with Crippen molar-refractivity contribution in [3.63, 3.8) is 0 Å². The molecule has 0 unspecified atom stereocenters. The molecule has 3 aromatic carbocycles. The van der Waals surface area contributed by atoms with E-state index in [0.29, 0.717) is 23.3 Å². The topological polar surface area (TPSA) is 89.8 Å². The number of nitrogens with two attached hydrogens (primary N) is 1. The summed E-state index contributed by atoms with van der Waals surface area (Å²) in [6.07, 6.45) is 1.80. The summed E-state index contributed by atoms with van der Waals surface area (Å²) < 4.78 is 15.1. The number of fused-ring (bicyclic) bond motifs is 1. The van der Waals surface area contributed by atoms with Crippen molar-refractivity contribution in [3.05, 3.63) is 77.1 Å². The number of benzene rings is 3. The highest BCUT2D eigenvalue weighted by Gasteiger charge is 2.32. The standard InChI is InChI=1S/C24H21Cl2N5O2/c25-19-8-3-15(4-9-19)14-32-20-10-7-16-12-18(6-5-17(16)13-20)22-28-23(33-30-22)21-2-1-11-31(21)24(27)29-26/h3-10,12-13,21H,1-2,11,14H2,(H2,27,29)/t21-/m0/s1. The molecule has 5 rings (SSSR count). The predicted molar refractivity (Wildman–Crippen MR) is 129 cm³/mol. The lowest BCUT2D eigenvalue weighted by Gasteiger charge is -2.21. The average Bonchev–Trinajstić information content (AvgIpc) is 3.52. The molecule has 1 saturated heterocycles. The molecule has 7 nitrogen and oxygen atoms in total. The van der Waals surface area contributed by atoms with Crippen LogP contribution in [0.5, 0.6) is 5.75 Å². The fraction of sp³-hybridized carbons (Fsp3) is 0.208. The van der Waals surface area contributed by atoms with E-state index in [2.05, 4.69) is 14.7 Å². The number of guanidine groups is 1. The molecule has 33 heavy (non-hydrogen) atoms. The van der Waals surface area contributed by atoms with Gasteiger partial charge < -0.3 is 19.9 Å². The highest BCUT2D eigenvalue weighted by atomic mass is 35.5. The molecule has 0 bridgehead atoms. The highest BCUT2D eigenvalue weighted by Crippen LogP contribution is 2.32. The Morgan fingerprint density at radius 1 is 1.12 bits per heavy atom. The minimum absolute atomic E-state index is 0.116. The summed E-state index contributed by atoms with van der Waals surface area (Å²) in [5, 5.41) is 7.01. The molecule has 168 valence electrons. The van der Waals surface area contributed by atoms with Gasteiger partial charge in [0, 0.05) is 28.9 Å². The van der Waals surface area contributed by atoms with Crippen molar-refractivity contribution >= 4 is 40.1 Å². The lowest BCUT2D eigenvalue weighted by molar-refractivity contribution is 0.284. The summed E-state index contributed by atoms with van der Waals surface area (Å²) >= 11 is 11.5. The molecule has 1 fully saturated rings. The van der Waals surface area contributed by atoms with Crippen LogP contribution in [0.25, 0.3) is 22.2 Å². The summed E-state index contributed by atoms with van der Waals surface area (Å²) in [6, 6.07) is 19.5. The van der Waals surface area contributed by atoms with Crippen LogP contribution in [0.15, 0.2) is 69.7 Å². The van der Waals surface area contributed by atoms with Gasteiger partial charge in [-0.1, -0.05) is 47.1 Å². The number of nitrogens with zero attached hydrogens (tertiary/aromatic N) is 4. The Bertz CT molecular complexity index is 1310. The van der Waals surface area contributed by atoms with Crippen LogP contribution in [0, 0.1) is 0 Å². The van der Waals surface area contributed by atoms with E-state index in [9.17, 15) is 0 Å². The minimum atomic E-state index is -0.116. The molecule has 0 radical (unpaired) electrons. The number of hydrogen-bond donors (Lipinski definition) is 1. The molecule has 1 atom stereocenters. The highest BCUT2D eigenvalue weighted by molar-refractivity contribution is 6.30. The first-order valence-corrected chi connectivity index (χ1v) is 11.3. The Morgan fingerprint density at radius 3 is 2.73 bits per heavy atom. The van der Waals surface area contributed by atoms with Crippen molar-refractivity contribution in [3.8, 4) is 17.1 Å². The monoisotopic (exact) mass is 481 g/mol. The normalized spacial score (nSPS) is 16.5. The Balaban J connectivity index is 1.33. The number of aromatic nitrogens is 2. The zero-order chi connectivity index (χ0) is 22.8. The van der Waals surface area contributed by atoms with E-state index >= 15 is 0 Å². The third-order valence-electron chi connectivity index (χ3n) is 5.75. The van der Waals surface area contributed by atoms with E-state index < -0.39 is 0 Å². The van der Waals surface area contributed by atoms with Crippen molar-refractivity contribution < 1.29 is 9.26 Å². The molecule has 2 N–H and O–H groups in total. The smallest absolute Gasteiger partial charge is 0.249 e. The maximum Gasteiger partial charge on any atom is 0.249 e. The third-order valence-corrected chi connectivity index (χ3v) is 6.17. The molecular formula is C24H21Cl2N5O2. The van der Waals surface area contributed by atoms with E-state index in [-0.39, 0.29) is 12.0 Å². The SMILES string of the molecule is N/C(=N/Cl)N1CCC[C@H]1c1nc(-c2ccc3cc(OCc4ccc(Cl)cc4)ccc3c2)no1. The van der Waals surface area contributed by atoms with E-state index in [1.807, 2.05) is 65.6 Å². The van der Waals surface area contributed by atoms with E-state index in [1.165, 1.54) is 0 Å². The first kappa shape index (κ1) is 21.6. The number of halogens is 2. The zero-order valence-corrected chi connectivity index (χ0v) is 19.1. The Morgan fingerprint density at radius 2 is 1.91 bits per heavy atom. The molecule has 0 spiro atoms. The van der Waals surface area contributed by atoms with Gasteiger partial charge in [0.05, 0.1) is 0 Å². The van der Waals surface area contributed by atoms with Crippen molar-refractivity contribution in [2.45, 2.75) is 25.5 Å². The van der Waals surface area contributed by atoms with Gasteiger partial charge in [0.1, 0.15) is 18.4 Å². The average molecular weight is 482 g/mol. The van der Waals surface area contributed by atoms with Gasteiger partial charge in [-0.15, -0.1) is 4.51 Å². The van der Waals surface area contributed by atoms with Crippen molar-refractivity contribution in [2.24, 2.45) is 10.2 Å². The van der Waals surface area contributed by atoms with Crippen LogP contribution in [0.2, 0.25) is 5.02 Å². The Hall–Kier alpha value is -3.29.